The highest BCUT2D eigenvalue weighted by Crippen LogP contribution is 2.20. The summed E-state index contributed by atoms with van der Waals surface area (Å²) in [6, 6.07) is 19.6. The van der Waals surface area contributed by atoms with Crippen LogP contribution in [0.2, 0.25) is 0 Å². The Morgan fingerprint density at radius 3 is 2.40 bits per heavy atom. The van der Waals surface area contributed by atoms with Crippen LogP contribution in [-0.2, 0) is 22.5 Å². The van der Waals surface area contributed by atoms with Gasteiger partial charge < -0.3 is 9.64 Å². The standard InChI is InChI=1S/C31H29FN4O4/c1-40-29(37)13-11-21-6-8-22(9-7-21)20-35-14-16-36(17-15-35)31(39)26-18-23(10-12-27(26)32)19-28-24-4-2-3-5-25(24)30(38)34-33-28/h2-13,18H,14-17,19-20H2,1H3,(H,34,38)/b13-11+. The maximum absolute atomic E-state index is 14.8. The molecule has 0 radical (unpaired) electrons. The number of methoxy groups -OCH3 is 1. The van der Waals surface area contributed by atoms with E-state index in [0.717, 1.165) is 28.6 Å². The summed E-state index contributed by atoms with van der Waals surface area (Å²) in [5.41, 5.74) is 3.18. The number of esters is 1. The average Bonchev–Trinajstić information content (AvgIpc) is 2.99. The van der Waals surface area contributed by atoms with Crippen molar-refractivity contribution >= 4 is 28.7 Å². The van der Waals surface area contributed by atoms with Gasteiger partial charge in [0.1, 0.15) is 5.82 Å². The molecule has 40 heavy (non-hydrogen) atoms. The number of aromatic amines is 1. The van der Waals surface area contributed by atoms with Crippen molar-refractivity contribution in [1.29, 1.82) is 0 Å². The predicted octanol–water partition coefficient (Wildman–Crippen LogP) is 3.80. The van der Waals surface area contributed by atoms with Crippen LogP contribution in [0.5, 0.6) is 0 Å². The van der Waals surface area contributed by atoms with Crippen LogP contribution in [0.4, 0.5) is 4.39 Å². The number of hydrogen-bond donors (Lipinski definition) is 1. The fraction of sp³-hybridized carbons (Fsp3) is 0.226. The fourth-order valence-corrected chi connectivity index (χ4v) is 4.85. The van der Waals surface area contributed by atoms with E-state index in [1.54, 1.807) is 35.2 Å². The van der Waals surface area contributed by atoms with Crippen molar-refractivity contribution in [2.24, 2.45) is 0 Å². The number of H-pyrrole nitrogens is 1. The summed E-state index contributed by atoms with van der Waals surface area (Å²) in [4.78, 5) is 40.6. The van der Waals surface area contributed by atoms with Crippen LogP contribution in [0, 0.1) is 5.82 Å². The molecule has 4 aromatic rings. The number of rotatable bonds is 7. The lowest BCUT2D eigenvalue weighted by atomic mass is 10.0. The molecule has 0 atom stereocenters. The SMILES string of the molecule is COC(=O)/C=C/c1ccc(CN2CCN(C(=O)c3cc(Cc4n[nH]c(=O)c5ccccc45)ccc3F)CC2)cc1. The van der Waals surface area contributed by atoms with E-state index in [4.69, 9.17) is 0 Å². The third-order valence-corrected chi connectivity index (χ3v) is 7.07. The number of ether oxygens (including phenoxy) is 1. The minimum atomic E-state index is -0.559. The summed E-state index contributed by atoms with van der Waals surface area (Å²) in [6.07, 6.45) is 3.43. The zero-order valence-corrected chi connectivity index (χ0v) is 22.1. The molecular formula is C31H29FN4O4. The monoisotopic (exact) mass is 540 g/mol. The first kappa shape index (κ1) is 27.0. The number of hydrogen-bond acceptors (Lipinski definition) is 6. The van der Waals surface area contributed by atoms with Gasteiger partial charge in [0.15, 0.2) is 0 Å². The van der Waals surface area contributed by atoms with Crippen LogP contribution in [0.1, 0.15) is 32.7 Å². The predicted molar refractivity (Wildman–Crippen MR) is 150 cm³/mol. The number of halogens is 1. The molecular weight excluding hydrogens is 511 g/mol. The van der Waals surface area contributed by atoms with Gasteiger partial charge >= 0.3 is 5.97 Å². The maximum Gasteiger partial charge on any atom is 0.330 e. The lowest BCUT2D eigenvalue weighted by Gasteiger charge is -2.35. The topological polar surface area (TPSA) is 95.6 Å². The molecule has 1 aliphatic rings. The molecule has 0 aliphatic carbocycles. The Kier molecular flexibility index (Phi) is 8.12. The molecule has 2 heterocycles. The number of benzene rings is 3. The Morgan fingerprint density at radius 2 is 1.68 bits per heavy atom. The molecule has 1 aromatic heterocycles. The summed E-state index contributed by atoms with van der Waals surface area (Å²) >= 11 is 0. The van der Waals surface area contributed by atoms with E-state index in [0.29, 0.717) is 43.7 Å². The quantitative estimate of drug-likeness (QED) is 0.283. The molecule has 1 aliphatic heterocycles. The summed E-state index contributed by atoms with van der Waals surface area (Å²) < 4.78 is 19.4. The zero-order chi connectivity index (χ0) is 28.1. The van der Waals surface area contributed by atoms with Crippen LogP contribution >= 0.6 is 0 Å². The van der Waals surface area contributed by atoms with Crippen molar-refractivity contribution in [3.05, 3.63) is 117 Å². The molecule has 1 saturated heterocycles. The highest BCUT2D eigenvalue weighted by molar-refractivity contribution is 5.95. The molecule has 3 aromatic carbocycles. The minimum absolute atomic E-state index is 0.0373. The molecule has 1 fully saturated rings. The summed E-state index contributed by atoms with van der Waals surface area (Å²) in [5.74, 6) is -1.29. The molecule has 1 N–H and O–H groups in total. The van der Waals surface area contributed by atoms with Crippen LogP contribution in [0.15, 0.2) is 77.6 Å². The van der Waals surface area contributed by atoms with Gasteiger partial charge in [-0.15, -0.1) is 0 Å². The Morgan fingerprint density at radius 1 is 0.975 bits per heavy atom. The number of amides is 1. The minimum Gasteiger partial charge on any atom is -0.466 e. The Bertz CT molecular complexity index is 1620. The molecule has 8 nitrogen and oxygen atoms in total. The van der Waals surface area contributed by atoms with Crippen LogP contribution in [0.25, 0.3) is 16.8 Å². The second-order valence-electron chi connectivity index (χ2n) is 9.70. The third kappa shape index (κ3) is 6.16. The van der Waals surface area contributed by atoms with E-state index in [1.165, 1.54) is 19.3 Å². The van der Waals surface area contributed by atoms with Gasteiger partial charge in [0, 0.05) is 50.6 Å². The number of carbonyl (C=O) groups excluding carboxylic acids is 2. The summed E-state index contributed by atoms with van der Waals surface area (Å²) in [7, 11) is 1.34. The summed E-state index contributed by atoms with van der Waals surface area (Å²) in [5, 5.41) is 7.99. The van der Waals surface area contributed by atoms with Crippen molar-refractivity contribution in [2.75, 3.05) is 33.3 Å². The first-order valence-electron chi connectivity index (χ1n) is 13.0. The van der Waals surface area contributed by atoms with Gasteiger partial charge in [0.05, 0.1) is 23.8 Å². The Labute approximate surface area is 230 Å². The van der Waals surface area contributed by atoms with Gasteiger partial charge in [0.25, 0.3) is 11.5 Å². The van der Waals surface area contributed by atoms with E-state index in [9.17, 15) is 18.8 Å². The number of aromatic nitrogens is 2. The molecule has 0 spiro atoms. The van der Waals surface area contributed by atoms with Crippen molar-refractivity contribution < 1.29 is 18.7 Å². The van der Waals surface area contributed by atoms with E-state index >= 15 is 0 Å². The van der Waals surface area contributed by atoms with Gasteiger partial charge in [0.2, 0.25) is 0 Å². The highest BCUT2D eigenvalue weighted by Gasteiger charge is 2.24. The Balaban J connectivity index is 1.21. The molecule has 0 unspecified atom stereocenters. The van der Waals surface area contributed by atoms with Gasteiger partial charge in [-0.1, -0.05) is 48.5 Å². The normalized spacial score (nSPS) is 14.1. The van der Waals surface area contributed by atoms with E-state index in [2.05, 4.69) is 19.8 Å². The third-order valence-electron chi connectivity index (χ3n) is 7.07. The van der Waals surface area contributed by atoms with Crippen molar-refractivity contribution in [3.8, 4) is 0 Å². The molecule has 9 heteroatoms. The first-order chi connectivity index (χ1) is 19.4. The van der Waals surface area contributed by atoms with Gasteiger partial charge in [-0.25, -0.2) is 14.3 Å². The second-order valence-corrected chi connectivity index (χ2v) is 9.70. The highest BCUT2D eigenvalue weighted by atomic mass is 19.1. The molecule has 0 bridgehead atoms. The van der Waals surface area contributed by atoms with Crippen LogP contribution in [0.3, 0.4) is 0 Å². The van der Waals surface area contributed by atoms with Gasteiger partial charge in [-0.2, -0.15) is 5.10 Å². The number of carbonyl (C=O) groups is 2. The largest absolute Gasteiger partial charge is 0.466 e. The fourth-order valence-electron chi connectivity index (χ4n) is 4.85. The van der Waals surface area contributed by atoms with Crippen molar-refractivity contribution in [3.63, 3.8) is 0 Å². The van der Waals surface area contributed by atoms with Gasteiger partial charge in [-0.05, 0) is 41.0 Å². The van der Waals surface area contributed by atoms with E-state index < -0.39 is 11.8 Å². The second kappa shape index (κ2) is 12.0. The average molecular weight is 541 g/mol. The van der Waals surface area contributed by atoms with Crippen LogP contribution in [-0.4, -0.2) is 65.2 Å². The first-order valence-corrected chi connectivity index (χ1v) is 13.0. The van der Waals surface area contributed by atoms with E-state index in [1.807, 2.05) is 36.4 Å². The van der Waals surface area contributed by atoms with Crippen LogP contribution < -0.4 is 5.56 Å². The molecule has 204 valence electrons. The van der Waals surface area contributed by atoms with Crippen molar-refractivity contribution in [2.45, 2.75) is 13.0 Å². The number of nitrogens with one attached hydrogen (secondary N) is 1. The smallest absolute Gasteiger partial charge is 0.330 e. The summed E-state index contributed by atoms with van der Waals surface area (Å²) in [6.45, 7) is 3.06. The molecule has 5 rings (SSSR count). The lowest BCUT2D eigenvalue weighted by Crippen LogP contribution is -2.48. The number of piperazine rings is 1. The molecule has 1 amide bonds. The van der Waals surface area contributed by atoms with Crippen molar-refractivity contribution in [1.82, 2.24) is 20.0 Å². The van der Waals surface area contributed by atoms with Gasteiger partial charge in [-0.3, -0.25) is 14.5 Å². The van der Waals surface area contributed by atoms with E-state index in [-0.39, 0.29) is 17.0 Å². The maximum atomic E-state index is 14.8. The number of nitrogens with zero attached hydrogens (tertiary/aromatic N) is 3. The zero-order valence-electron chi connectivity index (χ0n) is 22.1. The number of fused-ring (bicyclic) bond motifs is 1. The Hall–Kier alpha value is -4.63. The molecule has 0 saturated carbocycles. The lowest BCUT2D eigenvalue weighted by molar-refractivity contribution is -0.134.